The largest absolute Gasteiger partial charge is 0.391 e. The summed E-state index contributed by atoms with van der Waals surface area (Å²) in [6, 6.07) is 0.279. The van der Waals surface area contributed by atoms with Gasteiger partial charge in [0, 0.05) is 6.04 Å². The fourth-order valence-electron chi connectivity index (χ4n) is 1.42. The molecule has 0 amide bonds. The number of ether oxygens (including phenoxy) is 1. The van der Waals surface area contributed by atoms with E-state index in [0.29, 0.717) is 0 Å². The van der Waals surface area contributed by atoms with Crippen LogP contribution in [-0.4, -0.2) is 31.5 Å². The first kappa shape index (κ1) is 15.7. The normalized spacial score (nSPS) is 16.1. The number of hydrogen-bond donors (Lipinski definition) is 1. The van der Waals surface area contributed by atoms with E-state index in [1.807, 2.05) is 6.92 Å². The first-order valence-electron chi connectivity index (χ1n) is 5.77. The van der Waals surface area contributed by atoms with E-state index >= 15 is 0 Å². The molecular formula is C11H22F3NO. The van der Waals surface area contributed by atoms with Crippen molar-refractivity contribution in [2.24, 2.45) is 0 Å². The Bertz CT molecular complexity index is 173. The average molecular weight is 241 g/mol. The average Bonchev–Trinajstić information content (AvgIpc) is 2.12. The molecule has 0 fully saturated rings. The van der Waals surface area contributed by atoms with Crippen molar-refractivity contribution in [2.45, 2.75) is 58.4 Å². The summed E-state index contributed by atoms with van der Waals surface area (Å²) in [4.78, 5) is 0. The Labute approximate surface area is 95.5 Å². The molecule has 0 radical (unpaired) electrons. The van der Waals surface area contributed by atoms with Gasteiger partial charge >= 0.3 is 6.18 Å². The van der Waals surface area contributed by atoms with E-state index < -0.39 is 12.6 Å². The summed E-state index contributed by atoms with van der Waals surface area (Å²) in [7, 11) is 0. The van der Waals surface area contributed by atoms with Gasteiger partial charge < -0.3 is 10.1 Å². The molecule has 2 nitrogen and oxygen atoms in total. The lowest BCUT2D eigenvalue weighted by molar-refractivity contribution is -0.148. The van der Waals surface area contributed by atoms with Gasteiger partial charge in [0.2, 0.25) is 0 Å². The second kappa shape index (κ2) is 7.90. The molecule has 2 atom stereocenters. The van der Waals surface area contributed by atoms with Crippen LogP contribution in [0.15, 0.2) is 0 Å². The molecule has 0 rings (SSSR count). The Balaban J connectivity index is 3.54. The summed E-state index contributed by atoms with van der Waals surface area (Å²) in [5.41, 5.74) is 0. The highest BCUT2D eigenvalue weighted by atomic mass is 19.4. The molecule has 16 heavy (non-hydrogen) atoms. The van der Waals surface area contributed by atoms with Gasteiger partial charge in [-0.3, -0.25) is 0 Å². The van der Waals surface area contributed by atoms with E-state index in [4.69, 9.17) is 4.74 Å². The third-order valence-corrected chi connectivity index (χ3v) is 2.22. The van der Waals surface area contributed by atoms with Gasteiger partial charge in [-0.2, -0.15) is 13.2 Å². The highest BCUT2D eigenvalue weighted by Gasteiger charge is 2.26. The maximum Gasteiger partial charge on any atom is 0.391 e. The van der Waals surface area contributed by atoms with E-state index in [-0.39, 0.29) is 18.8 Å². The zero-order chi connectivity index (χ0) is 12.6. The molecule has 0 bridgehead atoms. The van der Waals surface area contributed by atoms with Crippen molar-refractivity contribution in [1.82, 2.24) is 5.32 Å². The fraction of sp³-hybridized carbons (Fsp3) is 1.00. The van der Waals surface area contributed by atoms with Crippen molar-refractivity contribution in [3.63, 3.8) is 0 Å². The Kier molecular flexibility index (Phi) is 7.76. The summed E-state index contributed by atoms with van der Waals surface area (Å²) in [5.74, 6) is 0. The van der Waals surface area contributed by atoms with Crippen LogP contribution in [0, 0.1) is 0 Å². The van der Waals surface area contributed by atoms with Crippen molar-refractivity contribution in [2.75, 3.05) is 13.2 Å². The minimum absolute atomic E-state index is 0.137. The van der Waals surface area contributed by atoms with Crippen LogP contribution in [0.25, 0.3) is 0 Å². The Morgan fingerprint density at radius 3 is 2.38 bits per heavy atom. The van der Waals surface area contributed by atoms with Gasteiger partial charge in [-0.1, -0.05) is 6.92 Å². The first-order chi connectivity index (χ1) is 7.35. The van der Waals surface area contributed by atoms with Crippen LogP contribution in [0.1, 0.15) is 40.0 Å². The molecular weight excluding hydrogens is 219 g/mol. The van der Waals surface area contributed by atoms with Gasteiger partial charge in [0.25, 0.3) is 0 Å². The predicted octanol–water partition coefficient (Wildman–Crippen LogP) is 3.12. The lowest BCUT2D eigenvalue weighted by Crippen LogP contribution is -2.31. The summed E-state index contributed by atoms with van der Waals surface area (Å²) in [6.45, 7) is 6.57. The lowest BCUT2D eigenvalue weighted by Gasteiger charge is -2.19. The van der Waals surface area contributed by atoms with Crippen LogP contribution in [0.2, 0.25) is 0 Å². The number of nitrogens with one attached hydrogen (secondary N) is 1. The molecule has 5 heteroatoms. The molecule has 0 saturated heterocycles. The summed E-state index contributed by atoms with van der Waals surface area (Å²) >= 11 is 0. The molecule has 0 saturated carbocycles. The van der Waals surface area contributed by atoms with E-state index in [9.17, 15) is 13.2 Å². The summed E-state index contributed by atoms with van der Waals surface area (Å²) in [6.07, 6.45) is -3.34. The number of halogens is 3. The van der Waals surface area contributed by atoms with Gasteiger partial charge in [0.1, 0.15) is 0 Å². The van der Waals surface area contributed by atoms with Gasteiger partial charge in [-0.05, 0) is 33.2 Å². The number of alkyl halides is 3. The molecule has 1 N–H and O–H groups in total. The maximum atomic E-state index is 11.8. The summed E-state index contributed by atoms with van der Waals surface area (Å²) in [5, 5.41) is 3.27. The van der Waals surface area contributed by atoms with Crippen LogP contribution >= 0.6 is 0 Å². The quantitative estimate of drug-likeness (QED) is 0.705. The smallest absolute Gasteiger partial charge is 0.378 e. The van der Waals surface area contributed by atoms with E-state index in [1.54, 1.807) is 6.92 Å². The molecule has 98 valence electrons. The van der Waals surface area contributed by atoms with Crippen LogP contribution in [0.5, 0.6) is 0 Å². The zero-order valence-corrected chi connectivity index (χ0v) is 10.2. The highest BCUT2D eigenvalue weighted by molar-refractivity contribution is 4.65. The molecule has 0 spiro atoms. The van der Waals surface area contributed by atoms with E-state index in [1.165, 1.54) is 0 Å². The second-order valence-electron chi connectivity index (χ2n) is 4.14. The van der Waals surface area contributed by atoms with Crippen LogP contribution in [0.3, 0.4) is 0 Å². The molecule has 0 aliphatic carbocycles. The monoisotopic (exact) mass is 241 g/mol. The van der Waals surface area contributed by atoms with E-state index in [2.05, 4.69) is 12.2 Å². The Morgan fingerprint density at radius 2 is 1.88 bits per heavy atom. The van der Waals surface area contributed by atoms with Gasteiger partial charge in [0.15, 0.2) is 0 Å². The molecule has 0 heterocycles. The third kappa shape index (κ3) is 10.2. The molecule has 2 unspecified atom stereocenters. The Morgan fingerprint density at radius 1 is 1.25 bits per heavy atom. The maximum absolute atomic E-state index is 11.8. The minimum Gasteiger partial charge on any atom is -0.378 e. The molecule has 0 aromatic carbocycles. The van der Waals surface area contributed by atoms with Gasteiger partial charge in [-0.15, -0.1) is 0 Å². The summed E-state index contributed by atoms with van der Waals surface area (Å²) < 4.78 is 40.6. The van der Waals surface area contributed by atoms with Crippen molar-refractivity contribution in [1.29, 1.82) is 0 Å². The van der Waals surface area contributed by atoms with E-state index in [0.717, 1.165) is 19.4 Å². The Hall–Kier alpha value is -0.290. The van der Waals surface area contributed by atoms with Crippen molar-refractivity contribution in [3.05, 3.63) is 0 Å². The second-order valence-corrected chi connectivity index (χ2v) is 4.14. The highest BCUT2D eigenvalue weighted by Crippen LogP contribution is 2.19. The van der Waals surface area contributed by atoms with Crippen molar-refractivity contribution >= 4 is 0 Å². The first-order valence-corrected chi connectivity index (χ1v) is 5.77. The van der Waals surface area contributed by atoms with Crippen LogP contribution in [-0.2, 0) is 4.74 Å². The molecule has 0 aliphatic heterocycles. The lowest BCUT2D eigenvalue weighted by atomic mass is 10.1. The molecule has 0 aromatic rings. The number of rotatable bonds is 8. The van der Waals surface area contributed by atoms with Gasteiger partial charge in [0.05, 0.1) is 19.1 Å². The molecule has 0 aliphatic rings. The zero-order valence-electron chi connectivity index (χ0n) is 10.2. The van der Waals surface area contributed by atoms with Crippen LogP contribution < -0.4 is 5.32 Å². The van der Waals surface area contributed by atoms with Gasteiger partial charge in [-0.25, -0.2) is 0 Å². The van der Waals surface area contributed by atoms with Crippen molar-refractivity contribution in [3.8, 4) is 0 Å². The number of hydrogen-bond acceptors (Lipinski definition) is 2. The minimum atomic E-state index is -4.12. The molecule has 0 aromatic heterocycles. The topological polar surface area (TPSA) is 21.3 Å². The fourth-order valence-corrected chi connectivity index (χ4v) is 1.42. The SMILES string of the molecule is CCCNC(C)CC(C)OCCC(F)(F)F. The third-order valence-electron chi connectivity index (χ3n) is 2.22. The standard InChI is InChI=1S/C11H22F3NO/c1-4-6-15-9(2)8-10(3)16-7-5-11(12,13)14/h9-10,15H,4-8H2,1-3H3. The van der Waals surface area contributed by atoms with Crippen molar-refractivity contribution < 1.29 is 17.9 Å². The predicted molar refractivity (Wildman–Crippen MR) is 58.5 cm³/mol. The van der Waals surface area contributed by atoms with Crippen LogP contribution in [0.4, 0.5) is 13.2 Å².